The van der Waals surface area contributed by atoms with Crippen LogP contribution in [0, 0.1) is 17.9 Å². The molecule has 0 aromatic carbocycles. The Balaban J connectivity index is 4.43. The first-order valence-corrected chi connectivity index (χ1v) is 5.42. The third-order valence-electron chi connectivity index (χ3n) is 2.77. The Labute approximate surface area is 83.7 Å². The summed E-state index contributed by atoms with van der Waals surface area (Å²) in [5.41, 5.74) is 1.56. The lowest BCUT2D eigenvalue weighted by Crippen LogP contribution is -2.00. The smallest absolute Gasteiger partial charge is 0.0665 e. The first-order chi connectivity index (χ1) is 6.19. The van der Waals surface area contributed by atoms with Gasteiger partial charge in [-0.05, 0) is 24.8 Å². The minimum absolute atomic E-state index is 0.448. The highest BCUT2D eigenvalue weighted by Crippen LogP contribution is 2.20. The van der Waals surface area contributed by atoms with Gasteiger partial charge in [-0.15, -0.1) is 0 Å². The fraction of sp³-hybridized carbons (Fsp3) is 0.692. The summed E-state index contributed by atoms with van der Waals surface area (Å²) in [5.74, 6) is 1.16. The number of hydrogen-bond acceptors (Lipinski definition) is 0. The first-order valence-electron chi connectivity index (χ1n) is 5.42. The summed E-state index contributed by atoms with van der Waals surface area (Å²) in [6.07, 6.45) is 8.92. The molecule has 0 radical (unpaired) electrons. The van der Waals surface area contributed by atoms with Crippen molar-refractivity contribution in [3.05, 3.63) is 24.3 Å². The molecule has 0 saturated carbocycles. The molecule has 0 aromatic rings. The zero-order valence-electron chi connectivity index (χ0n) is 9.56. The summed E-state index contributed by atoms with van der Waals surface area (Å²) in [6, 6.07) is 0. The highest BCUT2D eigenvalue weighted by Gasteiger charge is 2.12. The molecule has 0 nitrogen and oxygen atoms in total. The van der Waals surface area contributed by atoms with Crippen LogP contribution >= 0.6 is 0 Å². The van der Waals surface area contributed by atoms with Gasteiger partial charge >= 0.3 is 0 Å². The molecule has 0 aliphatic carbocycles. The maximum atomic E-state index is 3.73. The minimum atomic E-state index is 0.448. The summed E-state index contributed by atoms with van der Waals surface area (Å²) in [7, 11) is 0. The van der Waals surface area contributed by atoms with Gasteiger partial charge in [0, 0.05) is 6.42 Å². The van der Waals surface area contributed by atoms with Crippen LogP contribution in [-0.4, -0.2) is 0 Å². The van der Waals surface area contributed by atoms with E-state index >= 15 is 0 Å². The molecule has 13 heavy (non-hydrogen) atoms. The second-order valence-corrected chi connectivity index (χ2v) is 3.62. The van der Waals surface area contributed by atoms with Gasteiger partial charge in [0.05, 0.1) is 0 Å². The maximum Gasteiger partial charge on any atom is 0.222 e. The Morgan fingerprint density at radius 3 is 2.23 bits per heavy atom. The Bertz CT molecular complexity index is 165. The number of hydrogen-bond donors (Lipinski definition) is 0. The maximum absolute atomic E-state index is 3.73. The van der Waals surface area contributed by atoms with Crippen LogP contribution in [0.25, 0.3) is 0 Å². The molecule has 0 saturated heterocycles. The van der Waals surface area contributed by atoms with Crippen LogP contribution in [0.4, 0.5) is 0 Å². The van der Waals surface area contributed by atoms with E-state index < -0.39 is 0 Å². The van der Waals surface area contributed by atoms with Crippen LogP contribution in [0.3, 0.4) is 0 Å². The molecular formula is C13H23+. The summed E-state index contributed by atoms with van der Waals surface area (Å²) < 4.78 is 0. The summed E-state index contributed by atoms with van der Waals surface area (Å²) in [6.45, 7) is 12.7. The predicted octanol–water partition coefficient (Wildman–Crippen LogP) is 4.38. The molecule has 0 N–H and O–H groups in total. The largest absolute Gasteiger partial charge is 0.222 e. The van der Waals surface area contributed by atoms with E-state index in [2.05, 4.69) is 46.4 Å². The lowest BCUT2D eigenvalue weighted by Gasteiger charge is -2.11. The summed E-state index contributed by atoms with van der Waals surface area (Å²) >= 11 is 0. The molecule has 2 unspecified atom stereocenters. The highest BCUT2D eigenvalue weighted by molar-refractivity contribution is 5.08. The zero-order chi connectivity index (χ0) is 10.3. The van der Waals surface area contributed by atoms with Gasteiger partial charge in [0.1, 0.15) is 6.58 Å². The van der Waals surface area contributed by atoms with Gasteiger partial charge in [0.25, 0.3) is 0 Å². The molecule has 0 fully saturated rings. The molecule has 2 atom stereocenters. The molecule has 0 aromatic heterocycles. The molecule has 0 rings (SSSR count). The fourth-order valence-corrected chi connectivity index (χ4v) is 1.47. The Kier molecular flexibility index (Phi) is 6.54. The lowest BCUT2D eigenvalue weighted by atomic mass is 9.92. The predicted molar refractivity (Wildman–Crippen MR) is 60.5 cm³/mol. The van der Waals surface area contributed by atoms with Gasteiger partial charge in [-0.2, -0.15) is 0 Å². The second kappa shape index (κ2) is 6.86. The number of rotatable bonds is 6. The molecule has 0 spiro atoms. The third-order valence-corrected chi connectivity index (χ3v) is 2.77. The van der Waals surface area contributed by atoms with Crippen LogP contribution in [0.1, 0.15) is 47.0 Å². The normalized spacial score (nSPS) is 16.5. The second-order valence-electron chi connectivity index (χ2n) is 3.62. The lowest BCUT2D eigenvalue weighted by molar-refractivity contribution is 0.616. The third kappa shape index (κ3) is 4.24. The zero-order valence-corrected chi connectivity index (χ0v) is 9.56. The van der Waals surface area contributed by atoms with Crippen molar-refractivity contribution in [2.75, 3.05) is 0 Å². The van der Waals surface area contributed by atoms with Gasteiger partial charge in [0.2, 0.25) is 6.08 Å². The van der Waals surface area contributed by atoms with E-state index in [0.717, 1.165) is 12.8 Å². The average Bonchev–Trinajstić information content (AvgIpc) is 2.19. The van der Waals surface area contributed by atoms with Crippen molar-refractivity contribution in [3.63, 3.8) is 0 Å². The van der Waals surface area contributed by atoms with E-state index in [1.54, 1.807) is 5.57 Å². The van der Waals surface area contributed by atoms with Crippen molar-refractivity contribution in [1.82, 2.24) is 0 Å². The minimum Gasteiger partial charge on any atom is -0.0665 e. The Morgan fingerprint density at radius 1 is 1.31 bits per heavy atom. The first kappa shape index (κ1) is 12.4. The van der Waals surface area contributed by atoms with Gasteiger partial charge in [0.15, 0.2) is 5.92 Å². The van der Waals surface area contributed by atoms with Crippen LogP contribution in [0.5, 0.6) is 0 Å². The summed E-state index contributed by atoms with van der Waals surface area (Å²) in [5, 5.41) is 0. The van der Waals surface area contributed by atoms with Crippen LogP contribution < -0.4 is 0 Å². The quantitative estimate of drug-likeness (QED) is 0.419. The number of allylic oxidation sites excluding steroid dienone is 3. The van der Waals surface area contributed by atoms with Gasteiger partial charge < -0.3 is 0 Å². The van der Waals surface area contributed by atoms with E-state index in [1.165, 1.54) is 6.42 Å². The monoisotopic (exact) mass is 179 g/mol. The van der Waals surface area contributed by atoms with Crippen molar-refractivity contribution in [2.24, 2.45) is 11.8 Å². The topological polar surface area (TPSA) is 0 Å². The molecule has 0 heterocycles. The van der Waals surface area contributed by atoms with Gasteiger partial charge in [-0.3, -0.25) is 0 Å². The molecule has 0 heteroatoms. The van der Waals surface area contributed by atoms with Gasteiger partial charge in [-0.25, -0.2) is 0 Å². The van der Waals surface area contributed by atoms with E-state index in [0.29, 0.717) is 11.8 Å². The Hall–Kier alpha value is -0.610. The Morgan fingerprint density at radius 2 is 1.92 bits per heavy atom. The van der Waals surface area contributed by atoms with Crippen molar-refractivity contribution in [3.8, 4) is 0 Å². The van der Waals surface area contributed by atoms with Crippen LogP contribution in [0.15, 0.2) is 18.2 Å². The molecule has 0 aliphatic rings. The molecule has 0 amide bonds. The van der Waals surface area contributed by atoms with E-state index in [-0.39, 0.29) is 0 Å². The molecule has 0 bridgehead atoms. The SMILES string of the molecule is C=[C+]C(/C=C(/CC)C(C)CC)CC. The summed E-state index contributed by atoms with van der Waals surface area (Å²) in [4.78, 5) is 0. The van der Waals surface area contributed by atoms with E-state index in [1.807, 2.05) is 0 Å². The van der Waals surface area contributed by atoms with Crippen molar-refractivity contribution in [1.29, 1.82) is 0 Å². The van der Waals surface area contributed by atoms with Crippen LogP contribution in [0.2, 0.25) is 0 Å². The van der Waals surface area contributed by atoms with Crippen molar-refractivity contribution in [2.45, 2.75) is 47.0 Å². The van der Waals surface area contributed by atoms with Crippen LogP contribution in [-0.2, 0) is 0 Å². The fourth-order valence-electron chi connectivity index (χ4n) is 1.47. The molecule has 74 valence electrons. The highest BCUT2D eigenvalue weighted by atomic mass is 14.1. The molecular weight excluding hydrogens is 156 g/mol. The standard InChI is InChI=1S/C13H23/c1-6-11(5)13(9-4)10-12(7-2)8-3/h10-12H,2,6,8-9H2,1,3-5H3/q+1/b13-10-. The van der Waals surface area contributed by atoms with Crippen molar-refractivity contribution >= 4 is 0 Å². The van der Waals surface area contributed by atoms with Crippen molar-refractivity contribution < 1.29 is 0 Å². The van der Waals surface area contributed by atoms with E-state index in [9.17, 15) is 0 Å². The molecule has 0 aliphatic heterocycles. The van der Waals surface area contributed by atoms with E-state index in [4.69, 9.17) is 0 Å². The average molecular weight is 179 g/mol. The van der Waals surface area contributed by atoms with Gasteiger partial charge in [-0.1, -0.05) is 33.3 Å².